The van der Waals surface area contributed by atoms with E-state index in [1.165, 1.54) is 12.3 Å². The summed E-state index contributed by atoms with van der Waals surface area (Å²) < 4.78 is 1.82. The topological polar surface area (TPSA) is 85.9 Å². The third-order valence-corrected chi connectivity index (χ3v) is 2.67. The zero-order valence-electron chi connectivity index (χ0n) is 11.0. The van der Waals surface area contributed by atoms with E-state index in [2.05, 4.69) is 15.4 Å². The second-order valence-electron chi connectivity index (χ2n) is 4.54. The fourth-order valence-corrected chi connectivity index (χ4v) is 1.61. The Bertz CT molecular complexity index is 606. The molecule has 0 aliphatic rings. The summed E-state index contributed by atoms with van der Waals surface area (Å²) in [5, 5.41) is 17.9. The maximum atomic E-state index is 10.6. The van der Waals surface area contributed by atoms with Crippen molar-refractivity contribution in [2.75, 3.05) is 5.32 Å². The van der Waals surface area contributed by atoms with Gasteiger partial charge in [0.1, 0.15) is 12.0 Å². The van der Waals surface area contributed by atoms with Crippen LogP contribution in [0.25, 0.3) is 0 Å². The summed E-state index contributed by atoms with van der Waals surface area (Å²) in [6.07, 6.45) is 4.80. The maximum absolute atomic E-state index is 10.6. The Balaban J connectivity index is 2.20. The van der Waals surface area contributed by atoms with E-state index in [0.29, 0.717) is 11.4 Å². The van der Waals surface area contributed by atoms with E-state index in [9.17, 15) is 10.1 Å². The van der Waals surface area contributed by atoms with Crippen molar-refractivity contribution >= 4 is 17.2 Å². The van der Waals surface area contributed by atoms with E-state index in [1.54, 1.807) is 13.1 Å². The maximum Gasteiger partial charge on any atom is 0.287 e. The first kappa shape index (κ1) is 13.0. The number of hydrogen-bond acceptors (Lipinski definition) is 5. The zero-order chi connectivity index (χ0) is 14.0. The number of nitrogens with one attached hydrogen (secondary N) is 1. The predicted octanol–water partition coefficient (Wildman–Crippen LogP) is 2.82. The van der Waals surface area contributed by atoms with Gasteiger partial charge in [0.15, 0.2) is 0 Å². The van der Waals surface area contributed by atoms with E-state index >= 15 is 0 Å². The highest BCUT2D eigenvalue weighted by Crippen LogP contribution is 2.22. The van der Waals surface area contributed by atoms with Gasteiger partial charge in [0, 0.05) is 18.3 Å². The molecular weight excluding hydrogens is 246 g/mol. The van der Waals surface area contributed by atoms with E-state index in [1.807, 2.05) is 24.7 Å². The molecule has 0 spiro atoms. The van der Waals surface area contributed by atoms with E-state index < -0.39 is 4.92 Å². The van der Waals surface area contributed by atoms with Crippen molar-refractivity contribution in [3.8, 4) is 0 Å². The van der Waals surface area contributed by atoms with Crippen molar-refractivity contribution < 1.29 is 4.92 Å². The number of anilines is 2. The lowest BCUT2D eigenvalue weighted by molar-refractivity contribution is -0.385. The predicted molar refractivity (Wildman–Crippen MR) is 71.5 cm³/mol. The van der Waals surface area contributed by atoms with Gasteiger partial charge >= 0.3 is 0 Å². The zero-order valence-corrected chi connectivity index (χ0v) is 11.0. The molecule has 0 radical (unpaired) electrons. The van der Waals surface area contributed by atoms with Gasteiger partial charge in [-0.15, -0.1) is 0 Å². The highest BCUT2D eigenvalue weighted by molar-refractivity contribution is 5.59. The average molecular weight is 261 g/mol. The highest BCUT2D eigenvalue weighted by atomic mass is 16.6. The SMILES string of the molecule is Cc1cc([N+](=O)[O-])cnc1Nc1cnn(C(C)C)c1. The molecular formula is C12H15N5O2. The van der Waals surface area contributed by atoms with Gasteiger partial charge in [-0.1, -0.05) is 0 Å². The van der Waals surface area contributed by atoms with E-state index in [-0.39, 0.29) is 11.7 Å². The Morgan fingerprint density at radius 1 is 1.42 bits per heavy atom. The summed E-state index contributed by atoms with van der Waals surface area (Å²) in [6, 6.07) is 1.77. The van der Waals surface area contributed by atoms with Crippen molar-refractivity contribution in [2.24, 2.45) is 0 Å². The van der Waals surface area contributed by atoms with Gasteiger partial charge in [0.25, 0.3) is 5.69 Å². The van der Waals surface area contributed by atoms with Gasteiger partial charge < -0.3 is 5.32 Å². The van der Waals surface area contributed by atoms with Crippen LogP contribution in [0.2, 0.25) is 0 Å². The van der Waals surface area contributed by atoms with Crippen LogP contribution in [0.15, 0.2) is 24.7 Å². The molecule has 0 atom stereocenters. The molecule has 0 unspecified atom stereocenters. The standard InChI is InChI=1S/C12H15N5O2/c1-8(2)16-7-10(5-14-16)15-12-9(3)4-11(6-13-12)17(18)19/h4-8H,1-3H3,(H,13,15). The molecule has 2 heterocycles. The number of aromatic nitrogens is 3. The normalized spacial score (nSPS) is 10.7. The van der Waals surface area contributed by atoms with Crippen LogP contribution in [0.4, 0.5) is 17.2 Å². The molecule has 0 aliphatic carbocycles. The molecule has 19 heavy (non-hydrogen) atoms. The number of hydrogen-bond donors (Lipinski definition) is 1. The van der Waals surface area contributed by atoms with Gasteiger partial charge in [-0.3, -0.25) is 14.8 Å². The van der Waals surface area contributed by atoms with Crippen LogP contribution in [-0.2, 0) is 0 Å². The fraction of sp³-hybridized carbons (Fsp3) is 0.333. The number of nitrogens with zero attached hydrogens (tertiary/aromatic N) is 4. The molecule has 100 valence electrons. The first-order valence-electron chi connectivity index (χ1n) is 5.89. The molecule has 0 bridgehead atoms. The van der Waals surface area contributed by atoms with Crippen LogP contribution in [0.3, 0.4) is 0 Å². The number of rotatable bonds is 4. The molecule has 0 amide bonds. The van der Waals surface area contributed by atoms with Gasteiger partial charge in [0.05, 0.1) is 16.8 Å². The van der Waals surface area contributed by atoms with Crippen LogP contribution in [0.1, 0.15) is 25.5 Å². The first-order valence-corrected chi connectivity index (χ1v) is 5.89. The fourth-order valence-electron chi connectivity index (χ4n) is 1.61. The van der Waals surface area contributed by atoms with Gasteiger partial charge in [0.2, 0.25) is 0 Å². The second kappa shape index (κ2) is 5.05. The summed E-state index contributed by atoms with van der Waals surface area (Å²) in [6.45, 7) is 5.84. The minimum Gasteiger partial charge on any atom is -0.337 e. The van der Waals surface area contributed by atoms with Crippen LogP contribution >= 0.6 is 0 Å². The largest absolute Gasteiger partial charge is 0.337 e. The van der Waals surface area contributed by atoms with Crippen LogP contribution in [0, 0.1) is 17.0 Å². The molecule has 0 saturated carbocycles. The Morgan fingerprint density at radius 2 is 2.16 bits per heavy atom. The number of aryl methyl sites for hydroxylation is 1. The van der Waals surface area contributed by atoms with Gasteiger partial charge in [-0.2, -0.15) is 5.10 Å². The molecule has 7 nitrogen and oxygen atoms in total. The molecule has 0 aromatic carbocycles. The van der Waals surface area contributed by atoms with Gasteiger partial charge in [-0.25, -0.2) is 4.98 Å². The number of pyridine rings is 1. The Hall–Kier alpha value is -2.44. The summed E-state index contributed by atoms with van der Waals surface area (Å²) in [5.41, 5.74) is 1.51. The summed E-state index contributed by atoms with van der Waals surface area (Å²) in [4.78, 5) is 14.2. The molecule has 0 fully saturated rings. The minimum absolute atomic E-state index is 0.0130. The lowest BCUT2D eigenvalue weighted by atomic mass is 10.2. The molecule has 2 aromatic rings. The van der Waals surface area contributed by atoms with Crippen molar-refractivity contribution in [1.82, 2.24) is 14.8 Å². The first-order chi connectivity index (χ1) is 8.97. The van der Waals surface area contributed by atoms with E-state index in [0.717, 1.165) is 5.69 Å². The molecule has 0 aliphatic heterocycles. The van der Waals surface area contributed by atoms with Crippen molar-refractivity contribution in [3.63, 3.8) is 0 Å². The quantitative estimate of drug-likeness (QED) is 0.675. The summed E-state index contributed by atoms with van der Waals surface area (Å²) in [5.74, 6) is 0.592. The van der Waals surface area contributed by atoms with Crippen molar-refractivity contribution in [2.45, 2.75) is 26.8 Å². The highest BCUT2D eigenvalue weighted by Gasteiger charge is 2.10. The Morgan fingerprint density at radius 3 is 2.68 bits per heavy atom. The molecule has 0 saturated heterocycles. The minimum atomic E-state index is -0.458. The van der Waals surface area contributed by atoms with Crippen molar-refractivity contribution in [1.29, 1.82) is 0 Å². The van der Waals surface area contributed by atoms with Crippen LogP contribution in [-0.4, -0.2) is 19.7 Å². The monoisotopic (exact) mass is 261 g/mol. The smallest absolute Gasteiger partial charge is 0.287 e. The molecule has 7 heteroatoms. The van der Waals surface area contributed by atoms with Crippen LogP contribution < -0.4 is 5.32 Å². The Labute approximate surface area is 110 Å². The Kier molecular flexibility index (Phi) is 3.46. The number of nitro groups is 1. The van der Waals surface area contributed by atoms with Gasteiger partial charge in [-0.05, 0) is 26.3 Å². The van der Waals surface area contributed by atoms with Crippen molar-refractivity contribution in [3.05, 3.63) is 40.3 Å². The third kappa shape index (κ3) is 2.87. The molecule has 2 aromatic heterocycles. The third-order valence-electron chi connectivity index (χ3n) is 2.67. The van der Waals surface area contributed by atoms with E-state index in [4.69, 9.17) is 0 Å². The average Bonchev–Trinajstić information content (AvgIpc) is 2.80. The molecule has 2 rings (SSSR count). The van der Waals surface area contributed by atoms with Crippen LogP contribution in [0.5, 0.6) is 0 Å². The lowest BCUT2D eigenvalue weighted by Crippen LogP contribution is -2.00. The lowest BCUT2D eigenvalue weighted by Gasteiger charge is -2.06. The molecule has 1 N–H and O–H groups in total. The summed E-state index contributed by atoms with van der Waals surface area (Å²) in [7, 11) is 0. The summed E-state index contributed by atoms with van der Waals surface area (Å²) >= 11 is 0. The second-order valence-corrected chi connectivity index (χ2v) is 4.54.